The summed E-state index contributed by atoms with van der Waals surface area (Å²) < 4.78 is 0. The first-order chi connectivity index (χ1) is 0. The summed E-state index contributed by atoms with van der Waals surface area (Å²) >= 11 is 0. The number of hydrogen-bond acceptors (Lipinski definition) is 0. The van der Waals surface area contributed by atoms with Crippen molar-refractivity contribution in [1.29, 1.82) is 0 Å². The molecule has 0 saturated carbocycles. The standard InChI is InChI=1S/Al.Ce.La.Mg.Zr.5H. The van der Waals surface area contributed by atoms with E-state index >= 15 is 0 Å². The van der Waals surface area contributed by atoms with Gasteiger partial charge in [-0.25, -0.2) is 0 Å². The van der Waals surface area contributed by atoms with Crippen LogP contribution in [0.2, 0.25) is 0 Å². The van der Waals surface area contributed by atoms with Gasteiger partial charge in [-0.1, -0.05) is 0 Å². The second-order valence-corrected chi connectivity index (χ2v) is 0. The van der Waals surface area contributed by atoms with Crippen molar-refractivity contribution in [2.24, 2.45) is 0 Å². The van der Waals surface area contributed by atoms with E-state index in [1.165, 1.54) is 0 Å². The average molecular weight is 427 g/mol. The second kappa shape index (κ2) is 23.3. The molecule has 0 atom stereocenters. The smallest absolute Gasteiger partial charge is 0 e. The van der Waals surface area contributed by atoms with Gasteiger partial charge >= 0.3 is 23.1 Å². The van der Waals surface area contributed by atoms with Crippen molar-refractivity contribution in [2.75, 3.05) is 0 Å². The molecule has 21 valence electrons. The monoisotopic (exact) mass is 425 g/mol. The summed E-state index contributed by atoms with van der Waals surface area (Å²) in [6.07, 6.45) is 0. The Kier molecular flexibility index (Phi) is 154. The zero-order valence-electron chi connectivity index (χ0n) is 1.58. The molecule has 0 rings (SSSR count). The van der Waals surface area contributed by atoms with E-state index in [1.807, 2.05) is 0 Å². The summed E-state index contributed by atoms with van der Waals surface area (Å²) in [7, 11) is 0. The predicted octanol–water partition coefficient (Wildman–Crippen LogP) is -2.10. The zero-order chi connectivity index (χ0) is 0. The van der Waals surface area contributed by atoms with Crippen LogP contribution in [-0.2, 0) is 26.2 Å². The Bertz CT molecular complexity index is 11.6. The Morgan fingerprint density at radius 3 is 1.00 bits per heavy atom. The summed E-state index contributed by atoms with van der Waals surface area (Å²) in [6.45, 7) is 0. The van der Waals surface area contributed by atoms with E-state index in [0.717, 1.165) is 0 Å². The third-order valence-electron chi connectivity index (χ3n) is 0. The van der Waals surface area contributed by atoms with Crippen LogP contribution in [0, 0.1) is 77.3 Å². The minimum absolute atomic E-state index is 0. The van der Waals surface area contributed by atoms with Gasteiger partial charge in [0, 0.05) is 104 Å². The molecule has 5 heteroatoms. The van der Waals surface area contributed by atoms with E-state index in [-0.39, 0.29) is 144 Å². The van der Waals surface area contributed by atoms with Crippen LogP contribution in [0.1, 0.15) is 0 Å². The molecule has 0 heterocycles. The Labute approximate surface area is 140 Å². The molecule has 0 aromatic heterocycles. The predicted molar refractivity (Wildman–Crippen MR) is 18.5 cm³/mol. The van der Waals surface area contributed by atoms with Crippen molar-refractivity contribution in [2.45, 2.75) is 0 Å². The number of rotatable bonds is 0. The fourth-order valence-corrected chi connectivity index (χ4v) is 0. The maximum atomic E-state index is 0. The SMILES string of the molecule is [AlH3].[Ce].[La].[MgH2].[Zr]. The van der Waals surface area contributed by atoms with Gasteiger partial charge in [0.1, 0.15) is 0 Å². The largest absolute Gasteiger partial charge is 0.316 e. The molecule has 0 amide bonds. The third kappa shape index (κ3) is 17.7. The van der Waals surface area contributed by atoms with Crippen LogP contribution in [0.5, 0.6) is 0 Å². The fraction of sp³-hybridized carbons (Fsp3) is 0. The Hall–Kier alpha value is 4.75. The molecule has 5 heavy (non-hydrogen) atoms. The molecule has 1 radical (unpaired) electrons. The topological polar surface area (TPSA) is 0 Å². The summed E-state index contributed by atoms with van der Waals surface area (Å²) in [5.74, 6) is 0. The Morgan fingerprint density at radius 2 is 1.00 bits per heavy atom. The summed E-state index contributed by atoms with van der Waals surface area (Å²) in [5, 5.41) is 0. The maximum Gasteiger partial charge on any atom is 0.316 e. The van der Waals surface area contributed by atoms with Gasteiger partial charge in [-0.2, -0.15) is 0 Å². The minimum Gasteiger partial charge on any atom is 0 e. The third-order valence-corrected chi connectivity index (χ3v) is 0. The Balaban J connectivity index is 0. The van der Waals surface area contributed by atoms with E-state index in [2.05, 4.69) is 0 Å². The molecule has 0 bridgehead atoms. The summed E-state index contributed by atoms with van der Waals surface area (Å²) in [4.78, 5) is 0. The van der Waals surface area contributed by atoms with Gasteiger partial charge in [0.05, 0.1) is 0 Å². The molecular weight excluding hydrogens is 422 g/mol. The van der Waals surface area contributed by atoms with Crippen LogP contribution in [-0.4, -0.2) is 40.4 Å². The molecule has 0 unspecified atom stereocenters. The summed E-state index contributed by atoms with van der Waals surface area (Å²) in [6, 6.07) is 0. The van der Waals surface area contributed by atoms with Crippen molar-refractivity contribution < 1.29 is 104 Å². The summed E-state index contributed by atoms with van der Waals surface area (Å²) in [5.41, 5.74) is 0. The zero-order valence-corrected chi connectivity index (χ0v) is 10.8. The molecule has 0 aliphatic heterocycles. The van der Waals surface area contributed by atoms with E-state index in [1.54, 1.807) is 0 Å². The molecule has 0 N–H and O–H groups in total. The van der Waals surface area contributed by atoms with Gasteiger partial charge in [0.2, 0.25) is 0 Å². The van der Waals surface area contributed by atoms with Gasteiger partial charge in [-0.05, 0) is 0 Å². The molecule has 0 nitrogen and oxygen atoms in total. The van der Waals surface area contributed by atoms with Gasteiger partial charge in [-0.15, -0.1) is 0 Å². The minimum atomic E-state index is 0. The van der Waals surface area contributed by atoms with Crippen LogP contribution >= 0.6 is 0 Å². The van der Waals surface area contributed by atoms with Gasteiger partial charge in [0.25, 0.3) is 0 Å². The normalized spacial score (nSPS) is 0. The van der Waals surface area contributed by atoms with Crippen molar-refractivity contribution in [3.63, 3.8) is 0 Å². The van der Waals surface area contributed by atoms with Crippen LogP contribution < -0.4 is 0 Å². The maximum absolute atomic E-state index is 0. The first kappa shape index (κ1) is 33.1. The van der Waals surface area contributed by atoms with Gasteiger partial charge < -0.3 is 0 Å². The van der Waals surface area contributed by atoms with Crippen LogP contribution in [0.3, 0.4) is 0 Å². The van der Waals surface area contributed by atoms with E-state index in [9.17, 15) is 0 Å². The van der Waals surface area contributed by atoms with Gasteiger partial charge in [0.15, 0.2) is 17.4 Å². The van der Waals surface area contributed by atoms with E-state index in [4.69, 9.17) is 0 Å². The molecule has 0 fully saturated rings. The Morgan fingerprint density at radius 1 is 1.00 bits per heavy atom. The fourth-order valence-electron chi connectivity index (χ4n) is 0. The van der Waals surface area contributed by atoms with E-state index < -0.39 is 0 Å². The first-order valence-electron chi connectivity index (χ1n) is 0. The van der Waals surface area contributed by atoms with Gasteiger partial charge in [-0.3, -0.25) is 0 Å². The molecule has 0 saturated heterocycles. The second-order valence-electron chi connectivity index (χ2n) is 0. The van der Waals surface area contributed by atoms with E-state index in [0.29, 0.717) is 0 Å². The average Bonchev–Trinajstić information content (AvgIpc) is 0. The van der Waals surface area contributed by atoms with Crippen molar-refractivity contribution in [3.05, 3.63) is 0 Å². The first-order valence-corrected chi connectivity index (χ1v) is 0. The van der Waals surface area contributed by atoms with Crippen molar-refractivity contribution in [3.8, 4) is 0 Å². The van der Waals surface area contributed by atoms with Crippen molar-refractivity contribution in [1.82, 2.24) is 0 Å². The molecule has 0 aromatic rings. The number of hydrogen-bond donors (Lipinski definition) is 0. The molecule has 0 aliphatic rings. The quantitative estimate of drug-likeness (QED) is 0.390. The van der Waals surface area contributed by atoms with Crippen LogP contribution in [0.25, 0.3) is 0 Å². The molecular formula is H5AlCeLaMgZr. The molecule has 0 aliphatic carbocycles. The van der Waals surface area contributed by atoms with Crippen LogP contribution in [0.15, 0.2) is 0 Å². The molecule has 0 aromatic carbocycles. The van der Waals surface area contributed by atoms with Crippen molar-refractivity contribution >= 4 is 40.4 Å². The van der Waals surface area contributed by atoms with Crippen LogP contribution in [0.4, 0.5) is 0 Å². The molecule has 0 spiro atoms.